The summed E-state index contributed by atoms with van der Waals surface area (Å²) in [6.45, 7) is 9.95. The van der Waals surface area contributed by atoms with Gasteiger partial charge in [-0.3, -0.25) is 4.99 Å². The smallest absolute Gasteiger partial charge is 0.191 e. The molecule has 0 aliphatic carbocycles. The molecule has 0 bridgehead atoms. The zero-order chi connectivity index (χ0) is 23.2. The predicted molar refractivity (Wildman–Crippen MR) is 132 cm³/mol. The molecule has 8 heteroatoms. The predicted octanol–water partition coefficient (Wildman–Crippen LogP) is 2.97. The van der Waals surface area contributed by atoms with Gasteiger partial charge in [-0.2, -0.15) is 5.10 Å². The number of guanidine groups is 1. The van der Waals surface area contributed by atoms with Crippen LogP contribution in [-0.2, 0) is 17.8 Å². The zero-order valence-corrected chi connectivity index (χ0v) is 19.9. The van der Waals surface area contributed by atoms with Crippen molar-refractivity contribution in [2.75, 3.05) is 31.6 Å². The summed E-state index contributed by atoms with van der Waals surface area (Å²) in [6.07, 6.45) is 2.09. The Hall–Kier alpha value is -3.39. The molecule has 1 atom stereocenters. The van der Waals surface area contributed by atoms with E-state index in [1.807, 2.05) is 36.0 Å². The Labute approximate surface area is 195 Å². The average molecular weight is 448 g/mol. The highest BCUT2D eigenvalue weighted by atomic mass is 16.5. The van der Waals surface area contributed by atoms with E-state index in [9.17, 15) is 0 Å². The van der Waals surface area contributed by atoms with Crippen LogP contribution in [0.5, 0.6) is 0 Å². The fraction of sp³-hybridized carbons (Fsp3) is 0.400. The minimum absolute atomic E-state index is 0.225. The SMILES string of the molecule is CN=C(NCc1ccnc(N2CCOC(C)C2)c1)NCc1ccccc1-n1nc(C)cc1C. The van der Waals surface area contributed by atoms with E-state index in [0.717, 1.165) is 59.7 Å². The maximum Gasteiger partial charge on any atom is 0.191 e. The van der Waals surface area contributed by atoms with Gasteiger partial charge in [0, 0.05) is 45.1 Å². The van der Waals surface area contributed by atoms with Crippen LogP contribution in [0.2, 0.25) is 0 Å². The van der Waals surface area contributed by atoms with Crippen molar-refractivity contribution in [3.63, 3.8) is 0 Å². The first kappa shape index (κ1) is 22.8. The number of aliphatic imine (C=N–C) groups is 1. The minimum atomic E-state index is 0.225. The van der Waals surface area contributed by atoms with Crippen LogP contribution in [0.3, 0.4) is 0 Å². The van der Waals surface area contributed by atoms with E-state index < -0.39 is 0 Å². The summed E-state index contributed by atoms with van der Waals surface area (Å²) in [5.74, 6) is 1.74. The summed E-state index contributed by atoms with van der Waals surface area (Å²) in [4.78, 5) is 11.2. The summed E-state index contributed by atoms with van der Waals surface area (Å²) >= 11 is 0. The van der Waals surface area contributed by atoms with Crippen molar-refractivity contribution in [2.45, 2.75) is 40.0 Å². The fourth-order valence-corrected chi connectivity index (χ4v) is 4.10. The van der Waals surface area contributed by atoms with E-state index in [1.165, 1.54) is 0 Å². The quantitative estimate of drug-likeness (QED) is 0.447. The molecule has 0 radical (unpaired) electrons. The molecule has 2 N–H and O–H groups in total. The number of aryl methyl sites for hydroxylation is 2. The van der Waals surface area contributed by atoms with Crippen molar-refractivity contribution < 1.29 is 4.74 Å². The maximum absolute atomic E-state index is 5.65. The molecule has 1 unspecified atom stereocenters. The lowest BCUT2D eigenvalue weighted by molar-refractivity contribution is 0.0529. The van der Waals surface area contributed by atoms with E-state index in [0.29, 0.717) is 13.1 Å². The van der Waals surface area contributed by atoms with Crippen molar-refractivity contribution in [2.24, 2.45) is 4.99 Å². The van der Waals surface area contributed by atoms with Gasteiger partial charge in [0.15, 0.2) is 5.96 Å². The van der Waals surface area contributed by atoms with Gasteiger partial charge in [-0.15, -0.1) is 0 Å². The van der Waals surface area contributed by atoms with E-state index in [2.05, 4.69) is 68.7 Å². The molecule has 0 amide bonds. The number of nitrogens with zero attached hydrogens (tertiary/aromatic N) is 5. The molecule has 8 nitrogen and oxygen atoms in total. The topological polar surface area (TPSA) is 79.6 Å². The number of aromatic nitrogens is 3. The van der Waals surface area contributed by atoms with Gasteiger partial charge in [-0.05, 0) is 56.2 Å². The Morgan fingerprint density at radius 3 is 2.73 bits per heavy atom. The van der Waals surface area contributed by atoms with Gasteiger partial charge in [0.1, 0.15) is 5.82 Å². The molecular weight excluding hydrogens is 414 g/mol. The fourth-order valence-electron chi connectivity index (χ4n) is 4.10. The Kier molecular flexibility index (Phi) is 7.24. The molecule has 3 aromatic rings. The first-order valence-corrected chi connectivity index (χ1v) is 11.4. The third-order valence-corrected chi connectivity index (χ3v) is 5.73. The molecule has 1 saturated heterocycles. The lowest BCUT2D eigenvalue weighted by atomic mass is 10.1. The van der Waals surface area contributed by atoms with Crippen LogP contribution in [0.4, 0.5) is 5.82 Å². The van der Waals surface area contributed by atoms with Crippen LogP contribution in [0.1, 0.15) is 29.4 Å². The number of benzene rings is 1. The van der Waals surface area contributed by atoms with Gasteiger partial charge in [0.05, 0.1) is 24.1 Å². The third-order valence-electron chi connectivity index (χ3n) is 5.73. The number of hydrogen-bond acceptors (Lipinski definition) is 5. The van der Waals surface area contributed by atoms with Crippen molar-refractivity contribution >= 4 is 11.8 Å². The van der Waals surface area contributed by atoms with E-state index in [4.69, 9.17) is 4.74 Å². The second-order valence-electron chi connectivity index (χ2n) is 8.40. The lowest BCUT2D eigenvalue weighted by Gasteiger charge is -2.32. The molecule has 33 heavy (non-hydrogen) atoms. The van der Waals surface area contributed by atoms with Gasteiger partial charge in [-0.1, -0.05) is 18.2 Å². The molecule has 174 valence electrons. The highest BCUT2D eigenvalue weighted by molar-refractivity contribution is 5.79. The molecule has 1 aliphatic rings. The molecule has 1 fully saturated rings. The number of anilines is 1. The van der Waals surface area contributed by atoms with Crippen LogP contribution in [0.15, 0.2) is 53.7 Å². The van der Waals surface area contributed by atoms with Crippen LogP contribution in [0, 0.1) is 13.8 Å². The van der Waals surface area contributed by atoms with Gasteiger partial charge in [-0.25, -0.2) is 9.67 Å². The second kappa shape index (κ2) is 10.5. The Bertz CT molecular complexity index is 1110. The van der Waals surface area contributed by atoms with Crippen LogP contribution >= 0.6 is 0 Å². The average Bonchev–Trinajstić information content (AvgIpc) is 3.17. The van der Waals surface area contributed by atoms with Gasteiger partial charge >= 0.3 is 0 Å². The molecule has 3 heterocycles. The Morgan fingerprint density at radius 2 is 1.97 bits per heavy atom. The summed E-state index contributed by atoms with van der Waals surface area (Å²) < 4.78 is 7.64. The summed E-state index contributed by atoms with van der Waals surface area (Å²) in [6, 6.07) is 14.6. The Morgan fingerprint density at radius 1 is 1.15 bits per heavy atom. The van der Waals surface area contributed by atoms with Crippen molar-refractivity contribution in [1.29, 1.82) is 0 Å². The van der Waals surface area contributed by atoms with Gasteiger partial charge < -0.3 is 20.3 Å². The highest BCUT2D eigenvalue weighted by Gasteiger charge is 2.18. The maximum atomic E-state index is 5.65. The van der Waals surface area contributed by atoms with Crippen molar-refractivity contribution in [1.82, 2.24) is 25.4 Å². The molecule has 0 spiro atoms. The largest absolute Gasteiger partial charge is 0.375 e. The third kappa shape index (κ3) is 5.70. The molecule has 4 rings (SSSR count). The lowest BCUT2D eigenvalue weighted by Crippen LogP contribution is -2.41. The van der Waals surface area contributed by atoms with Crippen LogP contribution in [0.25, 0.3) is 5.69 Å². The Balaban J connectivity index is 1.38. The molecule has 0 saturated carbocycles. The number of hydrogen-bond donors (Lipinski definition) is 2. The van der Waals surface area contributed by atoms with Gasteiger partial charge in [0.2, 0.25) is 0 Å². The number of rotatable bonds is 6. The van der Waals surface area contributed by atoms with Crippen LogP contribution in [-0.4, -0.2) is 53.6 Å². The number of nitrogens with one attached hydrogen (secondary N) is 2. The zero-order valence-electron chi connectivity index (χ0n) is 19.9. The number of para-hydroxylation sites is 1. The highest BCUT2D eigenvalue weighted by Crippen LogP contribution is 2.18. The minimum Gasteiger partial charge on any atom is -0.375 e. The number of morpholine rings is 1. The molecule has 1 aliphatic heterocycles. The van der Waals surface area contributed by atoms with Crippen molar-refractivity contribution in [3.8, 4) is 5.69 Å². The van der Waals surface area contributed by atoms with E-state index >= 15 is 0 Å². The molecular formula is C25H33N7O. The van der Waals surface area contributed by atoms with E-state index in [1.54, 1.807) is 7.05 Å². The number of ether oxygens (including phenoxy) is 1. The number of pyridine rings is 1. The van der Waals surface area contributed by atoms with Crippen molar-refractivity contribution in [3.05, 3.63) is 71.2 Å². The van der Waals surface area contributed by atoms with Gasteiger partial charge in [0.25, 0.3) is 0 Å². The van der Waals surface area contributed by atoms with E-state index in [-0.39, 0.29) is 6.10 Å². The first-order valence-electron chi connectivity index (χ1n) is 11.4. The monoisotopic (exact) mass is 447 g/mol. The normalized spacial score (nSPS) is 16.7. The summed E-state index contributed by atoms with van der Waals surface area (Å²) in [7, 11) is 1.79. The first-order chi connectivity index (χ1) is 16.0. The summed E-state index contributed by atoms with van der Waals surface area (Å²) in [5, 5.41) is 11.5. The standard InChI is InChI=1S/C25H33N7O/c1-18-13-19(2)32(30-18)23-8-6-5-7-22(23)16-29-25(26-4)28-15-21-9-10-27-24(14-21)31-11-12-33-20(3)17-31/h5-10,13-14,20H,11-12,15-17H2,1-4H3,(H2,26,28,29). The second-order valence-corrected chi connectivity index (χ2v) is 8.40. The molecule has 2 aromatic heterocycles. The van der Waals surface area contributed by atoms with Crippen LogP contribution < -0.4 is 15.5 Å². The molecule has 1 aromatic carbocycles. The summed E-state index contributed by atoms with van der Waals surface area (Å²) in [5.41, 5.74) is 5.51.